The van der Waals surface area contributed by atoms with Gasteiger partial charge in [0, 0.05) is 51.1 Å². The number of nitrogens with one attached hydrogen (secondary N) is 1. The minimum Gasteiger partial charge on any atom is -0.383 e. The number of benzene rings is 1. The van der Waals surface area contributed by atoms with Crippen LogP contribution in [0.25, 0.3) is 0 Å². The van der Waals surface area contributed by atoms with Crippen molar-refractivity contribution in [3.63, 3.8) is 0 Å². The topological polar surface area (TPSA) is 59.4 Å². The molecule has 6 nitrogen and oxygen atoms in total. The van der Waals surface area contributed by atoms with E-state index in [-0.39, 0.29) is 5.91 Å². The predicted octanol–water partition coefficient (Wildman–Crippen LogP) is 2.18. The summed E-state index contributed by atoms with van der Waals surface area (Å²) in [6.45, 7) is 3.73. The van der Waals surface area contributed by atoms with Crippen molar-refractivity contribution in [3.05, 3.63) is 53.3 Å². The van der Waals surface area contributed by atoms with Gasteiger partial charge in [-0.3, -0.25) is 9.48 Å². The fourth-order valence-electron chi connectivity index (χ4n) is 3.44. The lowest BCUT2D eigenvalue weighted by Gasteiger charge is -2.24. The van der Waals surface area contributed by atoms with E-state index in [1.807, 2.05) is 30.3 Å². The molecule has 6 heteroatoms. The van der Waals surface area contributed by atoms with Crippen molar-refractivity contribution in [1.29, 1.82) is 0 Å². The van der Waals surface area contributed by atoms with Gasteiger partial charge >= 0.3 is 0 Å². The van der Waals surface area contributed by atoms with Crippen LogP contribution in [0.4, 0.5) is 0 Å². The van der Waals surface area contributed by atoms with Gasteiger partial charge in [0.25, 0.3) is 5.91 Å². The van der Waals surface area contributed by atoms with Crippen LogP contribution < -0.4 is 5.32 Å². The van der Waals surface area contributed by atoms with Gasteiger partial charge in [0.15, 0.2) is 0 Å². The Morgan fingerprint density at radius 1 is 1.38 bits per heavy atom. The first kappa shape index (κ1) is 18.6. The Morgan fingerprint density at radius 2 is 2.19 bits per heavy atom. The Balaban J connectivity index is 1.70. The molecule has 3 rings (SSSR count). The summed E-state index contributed by atoms with van der Waals surface area (Å²) in [5.74, 6) is 0.576. The van der Waals surface area contributed by atoms with Crippen molar-refractivity contribution in [2.45, 2.75) is 25.3 Å². The summed E-state index contributed by atoms with van der Waals surface area (Å²) in [4.78, 5) is 14.8. The lowest BCUT2D eigenvalue weighted by atomic mass is 9.91. The van der Waals surface area contributed by atoms with Crippen LogP contribution in [0.15, 0.2) is 36.7 Å². The van der Waals surface area contributed by atoms with E-state index in [0.29, 0.717) is 25.6 Å². The number of ether oxygens (including phenoxy) is 1. The molecule has 0 saturated carbocycles. The molecule has 2 aromatic rings. The average molecular weight is 356 g/mol. The summed E-state index contributed by atoms with van der Waals surface area (Å²) >= 11 is 0. The van der Waals surface area contributed by atoms with Crippen molar-refractivity contribution in [2.24, 2.45) is 7.05 Å². The van der Waals surface area contributed by atoms with Crippen LogP contribution in [0.2, 0.25) is 0 Å². The fraction of sp³-hybridized carbons (Fsp3) is 0.500. The van der Waals surface area contributed by atoms with Crippen molar-refractivity contribution in [3.8, 4) is 0 Å². The smallest absolute Gasteiger partial charge is 0.254 e. The maximum Gasteiger partial charge on any atom is 0.254 e. The molecule has 1 aliphatic heterocycles. The van der Waals surface area contributed by atoms with Crippen LogP contribution in [0.1, 0.15) is 40.2 Å². The van der Waals surface area contributed by atoms with Crippen molar-refractivity contribution >= 4 is 5.91 Å². The van der Waals surface area contributed by atoms with E-state index in [1.165, 1.54) is 18.4 Å². The second-order valence-electron chi connectivity index (χ2n) is 6.91. The van der Waals surface area contributed by atoms with Crippen LogP contribution in [-0.4, -0.2) is 53.9 Å². The largest absolute Gasteiger partial charge is 0.383 e. The Kier molecular flexibility index (Phi) is 6.41. The second kappa shape index (κ2) is 8.96. The van der Waals surface area contributed by atoms with E-state index in [0.717, 1.165) is 24.2 Å². The third kappa shape index (κ3) is 4.71. The monoisotopic (exact) mass is 356 g/mol. The van der Waals surface area contributed by atoms with Gasteiger partial charge in [0.2, 0.25) is 0 Å². The zero-order valence-electron chi connectivity index (χ0n) is 15.6. The number of carbonyl (C=O) groups is 1. The molecule has 140 valence electrons. The number of rotatable bonds is 7. The summed E-state index contributed by atoms with van der Waals surface area (Å²) in [5, 5.41) is 7.63. The Morgan fingerprint density at radius 3 is 2.81 bits per heavy atom. The molecule has 0 aliphatic carbocycles. The first-order valence-corrected chi connectivity index (χ1v) is 9.24. The summed E-state index contributed by atoms with van der Waals surface area (Å²) in [6, 6.07) is 8.11. The number of carbonyl (C=O) groups excluding carboxylic acids is 1. The van der Waals surface area contributed by atoms with Gasteiger partial charge in [-0.15, -0.1) is 0 Å². The number of aryl methyl sites for hydroxylation is 1. The molecule has 1 amide bonds. The van der Waals surface area contributed by atoms with Crippen LogP contribution >= 0.6 is 0 Å². The van der Waals surface area contributed by atoms with E-state index >= 15 is 0 Å². The number of methoxy groups -OCH3 is 1. The molecular weight excluding hydrogens is 328 g/mol. The molecule has 1 fully saturated rings. The first-order valence-electron chi connectivity index (χ1n) is 9.24. The maximum atomic E-state index is 13.0. The minimum atomic E-state index is 0.0271. The summed E-state index contributed by atoms with van der Waals surface area (Å²) in [7, 11) is 3.53. The number of hydrogen-bond acceptors (Lipinski definition) is 4. The molecule has 0 bridgehead atoms. The van der Waals surface area contributed by atoms with E-state index < -0.39 is 0 Å². The van der Waals surface area contributed by atoms with Crippen molar-refractivity contribution in [2.75, 3.05) is 33.4 Å². The number of amides is 1. The number of piperidine rings is 1. The van der Waals surface area contributed by atoms with Crippen LogP contribution in [0.5, 0.6) is 0 Å². The van der Waals surface area contributed by atoms with Gasteiger partial charge in [0.05, 0.1) is 12.8 Å². The summed E-state index contributed by atoms with van der Waals surface area (Å²) in [6.07, 6.45) is 6.15. The molecule has 0 unspecified atom stereocenters. The Bertz CT molecular complexity index is 705. The fourth-order valence-corrected chi connectivity index (χ4v) is 3.44. The third-order valence-corrected chi connectivity index (χ3v) is 4.91. The van der Waals surface area contributed by atoms with Gasteiger partial charge < -0.3 is 15.0 Å². The van der Waals surface area contributed by atoms with Crippen LogP contribution in [0, 0.1) is 0 Å². The van der Waals surface area contributed by atoms with E-state index in [4.69, 9.17) is 4.74 Å². The highest BCUT2D eigenvalue weighted by Gasteiger charge is 2.19. The highest BCUT2D eigenvalue weighted by Crippen LogP contribution is 2.23. The zero-order valence-corrected chi connectivity index (χ0v) is 15.6. The SMILES string of the molecule is COCCN(Cc1cnn(C)c1)C(=O)c1ccc([C@@H]2CCCNC2)cc1. The third-order valence-electron chi connectivity index (χ3n) is 4.91. The number of hydrogen-bond donors (Lipinski definition) is 1. The predicted molar refractivity (Wildman–Crippen MR) is 101 cm³/mol. The summed E-state index contributed by atoms with van der Waals surface area (Å²) in [5.41, 5.74) is 3.05. The number of aromatic nitrogens is 2. The van der Waals surface area contributed by atoms with Gasteiger partial charge in [-0.05, 0) is 43.0 Å². The molecular formula is C20H28N4O2. The van der Waals surface area contributed by atoms with Crippen molar-refractivity contribution < 1.29 is 9.53 Å². The van der Waals surface area contributed by atoms with Gasteiger partial charge in [-0.25, -0.2) is 0 Å². The quantitative estimate of drug-likeness (QED) is 0.826. The van der Waals surface area contributed by atoms with E-state index in [9.17, 15) is 4.79 Å². The van der Waals surface area contributed by atoms with Gasteiger partial charge in [-0.2, -0.15) is 5.10 Å². The van der Waals surface area contributed by atoms with Gasteiger partial charge in [-0.1, -0.05) is 12.1 Å². The molecule has 1 atom stereocenters. The molecule has 1 aromatic heterocycles. The molecule has 1 saturated heterocycles. The highest BCUT2D eigenvalue weighted by atomic mass is 16.5. The molecule has 26 heavy (non-hydrogen) atoms. The van der Waals surface area contributed by atoms with E-state index in [1.54, 1.807) is 18.0 Å². The highest BCUT2D eigenvalue weighted by molar-refractivity contribution is 5.94. The molecule has 2 heterocycles. The molecule has 1 aliphatic rings. The van der Waals surface area contributed by atoms with Crippen molar-refractivity contribution in [1.82, 2.24) is 20.0 Å². The first-order chi connectivity index (χ1) is 12.7. The minimum absolute atomic E-state index is 0.0271. The average Bonchev–Trinajstić information content (AvgIpc) is 3.10. The lowest BCUT2D eigenvalue weighted by molar-refractivity contribution is 0.0680. The van der Waals surface area contributed by atoms with Crippen LogP contribution in [-0.2, 0) is 18.3 Å². The molecule has 1 aromatic carbocycles. The standard InChI is InChI=1S/C20H28N4O2/c1-23-14-16(12-22-23)15-24(10-11-26-2)20(25)18-7-5-17(6-8-18)19-4-3-9-21-13-19/h5-8,12,14,19,21H,3-4,9-11,13,15H2,1-2H3/t19-/m1/s1. The Labute approximate surface area is 155 Å². The lowest BCUT2D eigenvalue weighted by Crippen LogP contribution is -2.33. The number of nitrogens with zero attached hydrogens (tertiary/aromatic N) is 3. The normalized spacial score (nSPS) is 17.2. The van der Waals surface area contributed by atoms with E-state index in [2.05, 4.69) is 22.5 Å². The molecule has 1 N–H and O–H groups in total. The van der Waals surface area contributed by atoms with Gasteiger partial charge in [0.1, 0.15) is 0 Å². The Hall–Kier alpha value is -2.18. The van der Waals surface area contributed by atoms with Crippen LogP contribution in [0.3, 0.4) is 0 Å². The maximum absolute atomic E-state index is 13.0. The molecule has 0 spiro atoms. The summed E-state index contributed by atoms with van der Waals surface area (Å²) < 4.78 is 6.93. The second-order valence-corrected chi connectivity index (χ2v) is 6.91. The zero-order chi connectivity index (χ0) is 18.4. The molecule has 0 radical (unpaired) electrons.